The summed E-state index contributed by atoms with van der Waals surface area (Å²) in [7, 11) is 0. The molecular weight excluding hydrogens is 362 g/mol. The van der Waals surface area contributed by atoms with Crippen LogP contribution in [0.2, 0.25) is 0 Å². The lowest BCUT2D eigenvalue weighted by atomic mass is 9.85. The van der Waals surface area contributed by atoms with Crippen molar-refractivity contribution < 1.29 is 9.59 Å². The van der Waals surface area contributed by atoms with E-state index in [0.717, 1.165) is 38.2 Å². The van der Waals surface area contributed by atoms with Crippen LogP contribution in [-0.4, -0.2) is 60.1 Å². The van der Waals surface area contributed by atoms with Gasteiger partial charge in [-0.3, -0.25) is 9.59 Å². The molecule has 2 N–H and O–H groups in total. The molecule has 0 aliphatic carbocycles. The molecule has 8 heteroatoms. The van der Waals surface area contributed by atoms with Crippen LogP contribution in [-0.2, 0) is 4.79 Å². The minimum absolute atomic E-state index is 0.128. The van der Waals surface area contributed by atoms with E-state index in [1.54, 1.807) is 10.9 Å². The molecule has 2 aromatic rings. The minimum atomic E-state index is -0.457. The van der Waals surface area contributed by atoms with Gasteiger partial charge in [0.2, 0.25) is 5.91 Å². The Balaban J connectivity index is 1.32. The molecule has 2 aliphatic rings. The fraction of sp³-hybridized carbons (Fsp3) is 0.421. The van der Waals surface area contributed by atoms with Crippen LogP contribution >= 0.6 is 11.3 Å². The molecule has 2 aliphatic heterocycles. The van der Waals surface area contributed by atoms with Crippen molar-refractivity contribution in [3.05, 3.63) is 46.9 Å². The van der Waals surface area contributed by atoms with Gasteiger partial charge in [-0.1, -0.05) is 18.2 Å². The van der Waals surface area contributed by atoms with E-state index in [-0.39, 0.29) is 11.8 Å². The van der Waals surface area contributed by atoms with Crippen molar-refractivity contribution >= 4 is 28.8 Å². The summed E-state index contributed by atoms with van der Waals surface area (Å²) >= 11 is 1.41. The van der Waals surface area contributed by atoms with Crippen LogP contribution in [0, 0.1) is 0 Å². The zero-order chi connectivity index (χ0) is 18.7. The fourth-order valence-corrected chi connectivity index (χ4v) is 4.45. The highest BCUT2D eigenvalue weighted by molar-refractivity contribution is 7.07. The average Bonchev–Trinajstić information content (AvgIpc) is 3.34. The number of amides is 2. The van der Waals surface area contributed by atoms with Crippen LogP contribution in [0.1, 0.15) is 23.3 Å². The van der Waals surface area contributed by atoms with Crippen LogP contribution in [0.15, 0.2) is 41.2 Å². The first-order valence-corrected chi connectivity index (χ1v) is 10.1. The van der Waals surface area contributed by atoms with E-state index >= 15 is 0 Å². The molecular formula is C19H23N5O2S. The van der Waals surface area contributed by atoms with Gasteiger partial charge in [0, 0.05) is 37.2 Å². The zero-order valence-electron chi connectivity index (χ0n) is 15.1. The molecule has 7 nitrogen and oxygen atoms in total. The Hall–Kier alpha value is -2.45. The summed E-state index contributed by atoms with van der Waals surface area (Å²) < 4.78 is 0. The summed E-state index contributed by atoms with van der Waals surface area (Å²) in [6.07, 6.45) is 1.57. The molecule has 4 rings (SSSR count). The standard InChI is InChI=1S/C19H23N5O2S/c25-17(16-12-27-14-22-16)20-8-11-23-9-6-19(7-10-23)18(26)21-13-24(19)15-4-2-1-3-5-15/h1-5,12,14H,6-11,13H2,(H,20,25)(H,21,26). The first-order valence-electron chi connectivity index (χ1n) is 9.19. The van der Waals surface area contributed by atoms with E-state index in [4.69, 9.17) is 0 Å². The van der Waals surface area contributed by atoms with Crippen LogP contribution in [0.4, 0.5) is 5.69 Å². The number of hydrogen-bond acceptors (Lipinski definition) is 6. The molecule has 2 saturated heterocycles. The Labute approximate surface area is 162 Å². The largest absolute Gasteiger partial charge is 0.349 e. The molecule has 0 bridgehead atoms. The molecule has 1 aromatic heterocycles. The van der Waals surface area contributed by atoms with E-state index in [0.29, 0.717) is 18.9 Å². The predicted molar refractivity (Wildman–Crippen MR) is 105 cm³/mol. The van der Waals surface area contributed by atoms with Crippen molar-refractivity contribution in [3.63, 3.8) is 0 Å². The lowest BCUT2D eigenvalue weighted by Gasteiger charge is -2.43. The molecule has 2 fully saturated rings. The second-order valence-corrected chi connectivity index (χ2v) is 7.65. The number of carbonyl (C=O) groups is 2. The van der Waals surface area contributed by atoms with Crippen LogP contribution in [0.5, 0.6) is 0 Å². The van der Waals surface area contributed by atoms with Gasteiger partial charge in [0.05, 0.1) is 12.2 Å². The number of nitrogens with one attached hydrogen (secondary N) is 2. The lowest BCUT2D eigenvalue weighted by Crippen LogP contribution is -2.57. The Morgan fingerprint density at radius 2 is 2.04 bits per heavy atom. The third-order valence-corrected chi connectivity index (χ3v) is 6.05. The number of para-hydroxylation sites is 1. The second kappa shape index (κ2) is 7.66. The number of carbonyl (C=O) groups excluding carboxylic acids is 2. The summed E-state index contributed by atoms with van der Waals surface area (Å²) in [4.78, 5) is 33.1. The van der Waals surface area contributed by atoms with Crippen LogP contribution in [0.3, 0.4) is 0 Å². The van der Waals surface area contributed by atoms with Crippen LogP contribution < -0.4 is 15.5 Å². The molecule has 3 heterocycles. The van der Waals surface area contributed by atoms with E-state index in [9.17, 15) is 9.59 Å². The van der Waals surface area contributed by atoms with Crippen molar-refractivity contribution in [1.82, 2.24) is 20.5 Å². The van der Waals surface area contributed by atoms with E-state index in [1.165, 1.54) is 11.3 Å². The third kappa shape index (κ3) is 3.54. The summed E-state index contributed by atoms with van der Waals surface area (Å²) in [5.41, 5.74) is 2.75. The van der Waals surface area contributed by atoms with Gasteiger partial charge < -0.3 is 20.4 Å². The van der Waals surface area contributed by atoms with Crippen LogP contribution in [0.25, 0.3) is 0 Å². The zero-order valence-corrected chi connectivity index (χ0v) is 15.9. The lowest BCUT2D eigenvalue weighted by molar-refractivity contribution is -0.125. The fourth-order valence-electron chi connectivity index (χ4n) is 3.92. The summed E-state index contributed by atoms with van der Waals surface area (Å²) in [6, 6.07) is 10.1. The highest BCUT2D eigenvalue weighted by Gasteiger charge is 2.50. The average molecular weight is 385 g/mol. The maximum atomic E-state index is 12.6. The second-order valence-electron chi connectivity index (χ2n) is 6.93. The molecule has 0 radical (unpaired) electrons. The SMILES string of the molecule is O=C(NCCN1CCC2(CC1)C(=O)NCN2c1ccccc1)c1cscn1. The minimum Gasteiger partial charge on any atom is -0.349 e. The van der Waals surface area contributed by atoms with Crippen molar-refractivity contribution in [1.29, 1.82) is 0 Å². The van der Waals surface area contributed by atoms with Gasteiger partial charge in [-0.2, -0.15) is 0 Å². The number of rotatable bonds is 5. The van der Waals surface area contributed by atoms with Gasteiger partial charge in [-0.05, 0) is 25.0 Å². The first kappa shape index (κ1) is 17.9. The molecule has 0 saturated carbocycles. The maximum absolute atomic E-state index is 12.6. The number of anilines is 1. The summed E-state index contributed by atoms with van der Waals surface area (Å²) in [5.74, 6) is -0.00186. The van der Waals surface area contributed by atoms with E-state index in [1.807, 2.05) is 18.2 Å². The number of likely N-dealkylation sites (tertiary alicyclic amines) is 1. The van der Waals surface area contributed by atoms with Gasteiger partial charge in [0.25, 0.3) is 5.91 Å². The third-order valence-electron chi connectivity index (χ3n) is 5.47. The molecule has 0 atom stereocenters. The van der Waals surface area contributed by atoms with Gasteiger partial charge >= 0.3 is 0 Å². The molecule has 0 unspecified atom stereocenters. The monoisotopic (exact) mass is 385 g/mol. The number of aromatic nitrogens is 1. The van der Waals surface area contributed by atoms with Gasteiger partial charge in [0.15, 0.2) is 0 Å². The molecule has 142 valence electrons. The highest BCUT2D eigenvalue weighted by atomic mass is 32.1. The van der Waals surface area contributed by atoms with Gasteiger partial charge in [-0.25, -0.2) is 4.98 Å². The number of thiazole rings is 1. The van der Waals surface area contributed by atoms with Crippen molar-refractivity contribution in [2.45, 2.75) is 18.4 Å². The molecule has 1 spiro atoms. The summed E-state index contributed by atoms with van der Waals surface area (Å²) in [5, 5.41) is 7.68. The van der Waals surface area contributed by atoms with Crippen molar-refractivity contribution in [2.75, 3.05) is 37.7 Å². The Morgan fingerprint density at radius 1 is 1.26 bits per heavy atom. The van der Waals surface area contributed by atoms with E-state index in [2.05, 4.69) is 37.6 Å². The van der Waals surface area contributed by atoms with Crippen molar-refractivity contribution in [2.24, 2.45) is 0 Å². The summed E-state index contributed by atoms with van der Waals surface area (Å²) in [6.45, 7) is 3.59. The Kier molecular flexibility index (Phi) is 5.09. The normalized spacial score (nSPS) is 19.3. The van der Waals surface area contributed by atoms with Gasteiger partial charge in [-0.15, -0.1) is 11.3 Å². The topological polar surface area (TPSA) is 77.6 Å². The van der Waals surface area contributed by atoms with E-state index < -0.39 is 5.54 Å². The maximum Gasteiger partial charge on any atom is 0.270 e. The number of benzene rings is 1. The number of nitrogens with zero attached hydrogens (tertiary/aromatic N) is 3. The smallest absolute Gasteiger partial charge is 0.270 e. The first-order chi connectivity index (χ1) is 13.2. The Morgan fingerprint density at radius 3 is 2.74 bits per heavy atom. The quantitative estimate of drug-likeness (QED) is 0.811. The van der Waals surface area contributed by atoms with Crippen molar-refractivity contribution in [3.8, 4) is 0 Å². The highest BCUT2D eigenvalue weighted by Crippen LogP contribution is 2.35. The number of hydrogen-bond donors (Lipinski definition) is 2. The molecule has 2 amide bonds. The number of piperidine rings is 1. The van der Waals surface area contributed by atoms with Gasteiger partial charge in [0.1, 0.15) is 11.2 Å². The Bertz CT molecular complexity index is 788. The predicted octanol–water partition coefficient (Wildman–Crippen LogP) is 1.30. The molecule has 1 aromatic carbocycles. The molecule has 27 heavy (non-hydrogen) atoms.